The number of hydrogen-bond acceptors (Lipinski definition) is 48. The van der Waals surface area contributed by atoms with E-state index >= 15 is 0 Å². The molecule has 61 heteroatoms. The summed E-state index contributed by atoms with van der Waals surface area (Å²) >= 11 is 6.02. The van der Waals surface area contributed by atoms with Crippen LogP contribution in [0.25, 0.3) is 44.7 Å². The van der Waals surface area contributed by atoms with Gasteiger partial charge in [-0.15, -0.1) is 0 Å². The highest BCUT2D eigenvalue weighted by Crippen LogP contribution is 2.57. The van der Waals surface area contributed by atoms with Gasteiger partial charge in [0.25, 0.3) is 11.7 Å². The van der Waals surface area contributed by atoms with E-state index in [1.54, 1.807) is 119 Å². The van der Waals surface area contributed by atoms with Crippen molar-refractivity contribution in [2.75, 3.05) is 89.0 Å². The Hall–Kier alpha value is -8.65. The van der Waals surface area contributed by atoms with Gasteiger partial charge < -0.3 is 147 Å². The van der Waals surface area contributed by atoms with E-state index in [2.05, 4.69) is 59.8 Å². The summed E-state index contributed by atoms with van der Waals surface area (Å²) in [6.45, 7) is 24.4. The number of aliphatic hydroxyl groups excluding tert-OH is 4. The molecule has 20 atom stereocenters. The smallest absolute Gasteiger partial charge is 0.373 e. The summed E-state index contributed by atoms with van der Waals surface area (Å²) in [5.74, 6) is -7.42. The van der Waals surface area contributed by atoms with Crippen LogP contribution in [0.15, 0.2) is 25.3 Å². The van der Waals surface area contributed by atoms with E-state index < -0.39 is 175 Å². The highest BCUT2D eigenvalue weighted by atomic mass is 35.5. The van der Waals surface area contributed by atoms with Crippen molar-refractivity contribution in [3.63, 3.8) is 0 Å². The van der Waals surface area contributed by atoms with Crippen LogP contribution in [0, 0.1) is 20.8 Å². The van der Waals surface area contributed by atoms with Crippen LogP contribution in [0.3, 0.4) is 0 Å². The molecule has 6 aliphatic heterocycles. The fourth-order valence-electron chi connectivity index (χ4n) is 14.8. The quantitative estimate of drug-likeness (QED) is 0.0156. The lowest BCUT2D eigenvalue weighted by Crippen LogP contribution is -2.37. The Balaban J connectivity index is 0.000000198. The molecule has 0 amide bonds. The van der Waals surface area contributed by atoms with Crippen molar-refractivity contribution in [1.29, 1.82) is 0 Å². The molecule has 0 aromatic carbocycles. The minimum Gasteiger partial charge on any atom is -0.464 e. The standard InChI is InChI=1S/C22H34N5O9P.C21H31ClN5O9P.2C14H22N5O7P.2CO2/c1-7-30-20(28)21(37(29,32-8-2)33-9-3)31-10-13-15-16(36-22(5,6)35-15)19(34-13)27-11-24-14-17(23)25-12(4)26-18(14)27;1-6-30-18(28)19(37(29,32-7-2)33-8-3)31-9-11-13-14(36-21(4,5)35-13)17(34-11)27-10-24-12-15(23)25-20(22)26-16(12)27;2*1-3-8(27(22,23)24)25-4-7-10(20)11(21)14(26-7)19-5-16-9-12(15)17-6(2)18-13(9)19;2*2-1-3/h11,13,15-16,19,21H,7-10H2,1-6H3,(H2,23,25,26);10-11,13-14,17,19H,6-9H2,1-5H3,(H2,23,25,26);2*5,7-8,10-11,14,20-21H,3-4H2,1-2H3,(H2,15,17,18)(H2,22,23,24);;/t13-,15-,16-,19-,21?;11-,13-,14-,17-,19?;7-,8+,10-,11-,14-;7-,8-,10-,11-,14-;;/m1100../s1. The SMILES string of the molecule is CCOC(=O)C(OC[C@H]1O[C@@H](n2cnc3c(N)nc(C)nc32)[C@@H]2OC(C)(C)O[C@@H]21)P(=O)(OCC)OCC.CCOC(=O)C(OC[C@H]1O[C@@H](n2cnc3c(N)nc(Cl)nc32)[C@@H]2OC(C)(C)O[C@@H]21)P(=O)(OCC)OCC.CC[C@@H](OC[C@@H]1O[C@H](n2cnc3c(N)nc(C)nc32)[C@@H](O)[C@H]1O)P(=O)(O)O.CC[C@H](OC[C@@H]1O[C@H](n2cnc3c(N)nc(C)nc32)[C@@H](O)[C@H]1O)P(=O)(O)O.O=C=O.O=C=O. The van der Waals surface area contributed by atoms with Gasteiger partial charge in [0.2, 0.25) is 5.28 Å². The molecule has 8 aromatic heterocycles. The van der Waals surface area contributed by atoms with Crippen LogP contribution in [-0.2, 0) is 131 Å². The predicted molar refractivity (Wildman–Crippen MR) is 454 cm³/mol. The molecule has 56 nitrogen and oxygen atoms in total. The number of carbonyl (C=O) groups is 2. The monoisotopic (exact) mass is 2000 g/mol. The number of fused-ring (bicyclic) bond motifs is 6. The normalized spacial score (nSPS) is 25.4. The van der Waals surface area contributed by atoms with Gasteiger partial charge in [0.1, 0.15) is 113 Å². The Bertz CT molecular complexity index is 5250. The van der Waals surface area contributed by atoms with Gasteiger partial charge >= 0.3 is 54.6 Å². The van der Waals surface area contributed by atoms with Crippen molar-refractivity contribution in [3.05, 3.63) is 48.1 Å². The first-order chi connectivity index (χ1) is 63.1. The Kier molecular flexibility index (Phi) is 38.0. The Morgan fingerprint density at radius 3 is 0.970 bits per heavy atom. The van der Waals surface area contributed by atoms with Crippen molar-refractivity contribution < 1.29 is 171 Å². The first-order valence-electron chi connectivity index (χ1n) is 41.4. The van der Waals surface area contributed by atoms with Crippen LogP contribution >= 0.6 is 42.0 Å². The van der Waals surface area contributed by atoms with E-state index in [0.717, 1.165) is 0 Å². The molecule has 6 saturated heterocycles. The number of halogens is 1. The number of nitrogens with two attached hydrogens (primary N) is 4. The molecular formula is C73H109ClN20O36P4. The lowest BCUT2D eigenvalue weighted by Gasteiger charge is -2.27. The largest absolute Gasteiger partial charge is 0.464 e. The minimum absolute atomic E-state index is 0.0373. The van der Waals surface area contributed by atoms with Crippen LogP contribution in [0.5, 0.6) is 0 Å². The fraction of sp³-hybridized carbons (Fsp3) is 0.671. The molecule has 8 aromatic rings. The number of nitrogens with zero attached hydrogens (tertiary/aromatic N) is 16. The summed E-state index contributed by atoms with van der Waals surface area (Å²) in [4.78, 5) is 145. The summed E-state index contributed by atoms with van der Waals surface area (Å²) in [7, 11) is -16.9. The maximum atomic E-state index is 13.4. The maximum absolute atomic E-state index is 13.4. The van der Waals surface area contributed by atoms with Crippen LogP contribution in [0.4, 0.5) is 23.3 Å². The molecule has 14 rings (SSSR count). The van der Waals surface area contributed by atoms with E-state index in [9.17, 15) is 67.8 Å². The molecule has 0 aliphatic carbocycles. The zero-order valence-corrected chi connectivity index (χ0v) is 79.3. The van der Waals surface area contributed by atoms with E-state index in [0.29, 0.717) is 62.1 Å². The average molecular weight is 2000 g/mol. The number of anilines is 4. The molecule has 0 saturated carbocycles. The van der Waals surface area contributed by atoms with Gasteiger partial charge in [-0.1, -0.05) is 13.8 Å². The predicted octanol–water partition coefficient (Wildman–Crippen LogP) is 2.32. The minimum atomic E-state index is -4.44. The first kappa shape index (κ1) is 109. The molecule has 134 heavy (non-hydrogen) atoms. The highest BCUT2D eigenvalue weighted by Gasteiger charge is 2.60. The number of rotatable bonds is 34. The number of aliphatic hydroxyl groups is 4. The third kappa shape index (κ3) is 25.5. The third-order valence-corrected chi connectivity index (χ3v) is 27.1. The molecule has 0 spiro atoms. The molecule has 0 radical (unpaired) electrons. The number of esters is 2. The molecule has 6 fully saturated rings. The zero-order chi connectivity index (χ0) is 99.2. The van der Waals surface area contributed by atoms with Crippen molar-refractivity contribution >= 4 is 134 Å². The van der Waals surface area contributed by atoms with E-state index in [4.69, 9.17) is 138 Å². The Morgan fingerprint density at radius 1 is 0.418 bits per heavy atom. The van der Waals surface area contributed by atoms with Gasteiger partial charge in [-0.25, -0.2) is 59.4 Å². The Morgan fingerprint density at radius 2 is 0.687 bits per heavy atom. The number of carbonyl (C=O) groups excluding carboxylic acids is 6. The molecule has 16 N–H and O–H groups in total. The van der Waals surface area contributed by atoms with Gasteiger partial charge in [0, 0.05) is 0 Å². The summed E-state index contributed by atoms with van der Waals surface area (Å²) in [5, 5.41) is 41.2. The number of imidazole rings is 4. The molecule has 2 unspecified atom stereocenters. The van der Waals surface area contributed by atoms with Gasteiger partial charge in [0.15, 0.2) is 94.0 Å². The molecule has 0 bridgehead atoms. The molecule has 744 valence electrons. The van der Waals surface area contributed by atoms with Crippen LogP contribution in [0.1, 0.15) is 138 Å². The molecule has 14 heterocycles. The summed E-state index contributed by atoms with van der Waals surface area (Å²) in [6, 6.07) is 0. The van der Waals surface area contributed by atoms with Gasteiger partial charge in [-0.05, 0) is 114 Å². The summed E-state index contributed by atoms with van der Waals surface area (Å²) in [6.07, 6.45) is -8.24. The highest BCUT2D eigenvalue weighted by molar-refractivity contribution is 7.56. The molecule has 6 aliphatic rings. The topological polar surface area (TPSA) is 777 Å². The number of aromatic nitrogens is 16. The lowest BCUT2D eigenvalue weighted by atomic mass is 10.1. The second kappa shape index (κ2) is 46.7. The van der Waals surface area contributed by atoms with Crippen LogP contribution in [0.2, 0.25) is 5.28 Å². The number of aryl methyl sites for hydroxylation is 3. The van der Waals surface area contributed by atoms with Crippen LogP contribution in [-0.4, -0.2) is 317 Å². The van der Waals surface area contributed by atoms with E-state index in [1.165, 1.54) is 28.1 Å². The summed E-state index contributed by atoms with van der Waals surface area (Å²) < 4.78 is 158. The second-order valence-electron chi connectivity index (χ2n) is 30.4. The fourth-order valence-corrected chi connectivity index (χ4v) is 19.8. The average Bonchev–Trinajstić information content (AvgIpc) is 1.59. The zero-order valence-electron chi connectivity index (χ0n) is 75.0. The van der Waals surface area contributed by atoms with Gasteiger partial charge in [-0.3, -0.25) is 36.5 Å². The molecular weight excluding hydrogens is 1890 g/mol. The van der Waals surface area contributed by atoms with Gasteiger partial charge in [0.05, 0.1) is 91.4 Å². The number of hydrogen-bond donors (Lipinski definition) is 12. The van der Waals surface area contributed by atoms with Crippen molar-refractivity contribution in [1.82, 2.24) is 78.1 Å². The lowest BCUT2D eigenvalue weighted by molar-refractivity contribution is -0.203. The van der Waals surface area contributed by atoms with E-state index in [-0.39, 0.29) is 120 Å². The van der Waals surface area contributed by atoms with Crippen molar-refractivity contribution in [3.8, 4) is 0 Å². The maximum Gasteiger partial charge on any atom is 0.373 e. The van der Waals surface area contributed by atoms with Crippen molar-refractivity contribution in [2.24, 2.45) is 0 Å². The first-order valence-corrected chi connectivity index (χ1v) is 48.4. The Labute approximate surface area is 767 Å². The number of nitrogen functional groups attached to an aromatic ring is 4. The van der Waals surface area contributed by atoms with Gasteiger partial charge in [-0.2, -0.15) is 29.1 Å². The van der Waals surface area contributed by atoms with Crippen molar-refractivity contribution in [2.45, 2.75) is 250 Å². The third-order valence-electron chi connectivity index (χ3n) is 20.1. The second-order valence-corrected chi connectivity index (χ2v) is 38.3. The summed E-state index contributed by atoms with van der Waals surface area (Å²) in [5.41, 5.74) is 26.6. The van der Waals surface area contributed by atoms with Crippen LogP contribution < -0.4 is 22.9 Å². The number of ether oxygens (including phenoxy) is 14. The van der Waals surface area contributed by atoms with E-state index in [1.807, 2.05) is 0 Å².